The molecule has 0 aromatic carbocycles. The van der Waals surface area contributed by atoms with Crippen molar-refractivity contribution in [1.29, 1.82) is 0 Å². The minimum Gasteiger partial charge on any atom is -0.465 e. The predicted molar refractivity (Wildman–Crippen MR) is 134 cm³/mol. The van der Waals surface area contributed by atoms with Gasteiger partial charge in [-0.15, -0.1) is 11.3 Å². The van der Waals surface area contributed by atoms with Crippen LogP contribution in [0.1, 0.15) is 51.8 Å². The molecule has 1 aliphatic heterocycles. The molecule has 0 unspecified atom stereocenters. The number of carbonyl (C=O) groups is 3. The highest BCUT2D eigenvalue weighted by molar-refractivity contribution is 8.14. The topological polar surface area (TPSA) is 106 Å². The lowest BCUT2D eigenvalue weighted by molar-refractivity contribution is -0.122. The molecule has 0 bridgehead atoms. The number of aliphatic imine (C=N–C) groups is 1. The number of hydrogen-bond acceptors (Lipinski definition) is 8. The zero-order valence-corrected chi connectivity index (χ0v) is 21.3. The molecule has 0 saturated carbocycles. The standard InChI is InChI=1S/C23H27N5O4S2/c1-5-28-21(30)16(10-14-11-24-27(3)13(14)2)25-23(28)33-12-18(29)26-20-19(22(31)32-4)15-8-6-7-9-17(15)34-20/h10-11H,5-9,12H2,1-4H3,(H,26,29). The quantitative estimate of drug-likeness (QED) is 0.481. The zero-order chi connectivity index (χ0) is 24.4. The van der Waals surface area contributed by atoms with E-state index < -0.39 is 5.97 Å². The van der Waals surface area contributed by atoms with Crippen LogP contribution in [0.5, 0.6) is 0 Å². The third kappa shape index (κ3) is 4.67. The average Bonchev–Trinajstić information content (AvgIpc) is 3.45. The van der Waals surface area contributed by atoms with E-state index in [1.807, 2.05) is 20.9 Å². The first-order valence-corrected chi connectivity index (χ1v) is 12.9. The summed E-state index contributed by atoms with van der Waals surface area (Å²) >= 11 is 2.64. The van der Waals surface area contributed by atoms with E-state index >= 15 is 0 Å². The number of aryl methyl sites for hydroxylation is 2. The Hall–Kier alpha value is -2.92. The summed E-state index contributed by atoms with van der Waals surface area (Å²) in [6.45, 7) is 4.23. The molecule has 0 atom stereocenters. The van der Waals surface area contributed by atoms with Crippen molar-refractivity contribution in [2.45, 2.75) is 39.5 Å². The number of carbonyl (C=O) groups excluding carboxylic acids is 3. The van der Waals surface area contributed by atoms with Crippen LogP contribution in [0.3, 0.4) is 0 Å². The summed E-state index contributed by atoms with van der Waals surface area (Å²) in [5.74, 6) is -0.829. The van der Waals surface area contributed by atoms with E-state index in [-0.39, 0.29) is 17.6 Å². The number of thioether (sulfide) groups is 1. The first kappa shape index (κ1) is 24.2. The van der Waals surface area contributed by atoms with Gasteiger partial charge in [-0.3, -0.25) is 19.2 Å². The van der Waals surface area contributed by atoms with E-state index in [1.54, 1.807) is 21.9 Å². The zero-order valence-electron chi connectivity index (χ0n) is 19.6. The van der Waals surface area contributed by atoms with E-state index in [1.165, 1.54) is 30.2 Å². The molecule has 2 aromatic heterocycles. The van der Waals surface area contributed by atoms with Gasteiger partial charge in [0.05, 0.1) is 24.6 Å². The largest absolute Gasteiger partial charge is 0.465 e. The van der Waals surface area contributed by atoms with Gasteiger partial charge < -0.3 is 10.1 Å². The van der Waals surface area contributed by atoms with Gasteiger partial charge in [0, 0.05) is 29.7 Å². The van der Waals surface area contributed by atoms with Gasteiger partial charge in [0.25, 0.3) is 5.91 Å². The number of rotatable bonds is 6. The summed E-state index contributed by atoms with van der Waals surface area (Å²) in [5, 5.41) is 8.10. The summed E-state index contributed by atoms with van der Waals surface area (Å²) in [4.78, 5) is 45.2. The highest BCUT2D eigenvalue weighted by Crippen LogP contribution is 2.38. The third-order valence-electron chi connectivity index (χ3n) is 5.94. The summed E-state index contributed by atoms with van der Waals surface area (Å²) < 4.78 is 6.71. The Morgan fingerprint density at radius 1 is 1.32 bits per heavy atom. The normalized spacial score (nSPS) is 16.6. The number of aromatic nitrogens is 2. The molecule has 1 aliphatic carbocycles. The maximum absolute atomic E-state index is 12.8. The summed E-state index contributed by atoms with van der Waals surface area (Å²) in [6, 6.07) is 0. The van der Waals surface area contributed by atoms with Crippen molar-refractivity contribution < 1.29 is 19.1 Å². The molecule has 2 aliphatic rings. The van der Waals surface area contributed by atoms with Gasteiger partial charge in [-0.1, -0.05) is 11.8 Å². The fraction of sp³-hybridized carbons (Fsp3) is 0.435. The van der Waals surface area contributed by atoms with Crippen LogP contribution >= 0.6 is 23.1 Å². The molecule has 2 amide bonds. The number of thiophene rings is 1. The molecule has 4 rings (SSSR count). The predicted octanol–water partition coefficient (Wildman–Crippen LogP) is 3.39. The number of hydrogen-bond donors (Lipinski definition) is 1. The fourth-order valence-electron chi connectivity index (χ4n) is 3.99. The molecule has 2 aromatic rings. The Bertz CT molecular complexity index is 1210. The number of ether oxygens (including phenoxy) is 1. The molecule has 0 fully saturated rings. The lowest BCUT2D eigenvalue weighted by Crippen LogP contribution is -2.31. The van der Waals surface area contributed by atoms with Gasteiger partial charge in [0.15, 0.2) is 5.17 Å². The third-order valence-corrected chi connectivity index (χ3v) is 8.12. The number of nitrogens with zero attached hydrogens (tertiary/aromatic N) is 4. The van der Waals surface area contributed by atoms with E-state index in [0.717, 1.165) is 47.4 Å². The number of amides is 2. The maximum Gasteiger partial charge on any atom is 0.341 e. The van der Waals surface area contributed by atoms with Crippen molar-refractivity contribution in [3.8, 4) is 0 Å². The monoisotopic (exact) mass is 501 g/mol. The number of anilines is 1. The number of likely N-dealkylation sites (N-methyl/N-ethyl adjacent to an activating group) is 1. The molecule has 0 radical (unpaired) electrons. The highest BCUT2D eigenvalue weighted by atomic mass is 32.2. The molecule has 1 N–H and O–H groups in total. The van der Waals surface area contributed by atoms with Crippen LogP contribution < -0.4 is 5.32 Å². The second kappa shape index (κ2) is 10.1. The Labute approximate surface area is 206 Å². The molecular formula is C23H27N5O4S2. The van der Waals surface area contributed by atoms with E-state index in [2.05, 4.69) is 15.4 Å². The van der Waals surface area contributed by atoms with Gasteiger partial charge in [0.2, 0.25) is 5.91 Å². The van der Waals surface area contributed by atoms with E-state index in [0.29, 0.717) is 28.0 Å². The highest BCUT2D eigenvalue weighted by Gasteiger charge is 2.31. The summed E-state index contributed by atoms with van der Waals surface area (Å²) in [6.07, 6.45) is 7.24. The second-order valence-electron chi connectivity index (χ2n) is 8.03. The SMILES string of the molecule is CCN1C(=O)C(=Cc2cnn(C)c2C)N=C1SCC(=O)Nc1sc2c(c1C(=O)OC)CCCC2. The van der Waals surface area contributed by atoms with Gasteiger partial charge in [-0.2, -0.15) is 5.10 Å². The van der Waals surface area contributed by atoms with Crippen LogP contribution in [-0.4, -0.2) is 57.0 Å². The van der Waals surface area contributed by atoms with Gasteiger partial charge in [0.1, 0.15) is 10.7 Å². The van der Waals surface area contributed by atoms with E-state index in [9.17, 15) is 14.4 Å². The van der Waals surface area contributed by atoms with Crippen LogP contribution in [0.2, 0.25) is 0 Å². The van der Waals surface area contributed by atoms with Gasteiger partial charge in [-0.05, 0) is 51.2 Å². The summed E-state index contributed by atoms with van der Waals surface area (Å²) in [7, 11) is 3.19. The first-order chi connectivity index (χ1) is 16.3. The lowest BCUT2D eigenvalue weighted by atomic mass is 9.95. The number of nitrogens with one attached hydrogen (secondary N) is 1. The van der Waals surface area contributed by atoms with Crippen LogP contribution in [0.15, 0.2) is 16.9 Å². The summed E-state index contributed by atoms with van der Waals surface area (Å²) in [5.41, 5.74) is 3.54. The fourth-order valence-corrected chi connectivity index (χ4v) is 6.15. The molecule has 11 heteroatoms. The Morgan fingerprint density at radius 2 is 2.09 bits per heavy atom. The molecule has 0 spiro atoms. The molecule has 34 heavy (non-hydrogen) atoms. The van der Waals surface area contributed by atoms with Crippen LogP contribution in [0, 0.1) is 6.92 Å². The van der Waals surface area contributed by atoms with Crippen LogP contribution in [0.4, 0.5) is 5.00 Å². The minimum absolute atomic E-state index is 0.0605. The molecule has 180 valence electrons. The van der Waals surface area contributed by atoms with E-state index in [4.69, 9.17) is 4.74 Å². The molecule has 9 nitrogen and oxygen atoms in total. The maximum atomic E-state index is 12.8. The van der Waals surface area contributed by atoms with Crippen molar-refractivity contribution in [2.24, 2.45) is 12.0 Å². The van der Waals surface area contributed by atoms with Crippen molar-refractivity contribution in [3.05, 3.63) is 39.2 Å². The molecular weight excluding hydrogens is 474 g/mol. The minimum atomic E-state index is -0.425. The van der Waals surface area contributed by atoms with Crippen molar-refractivity contribution >= 4 is 57.1 Å². The molecule has 0 saturated heterocycles. The average molecular weight is 502 g/mol. The lowest BCUT2D eigenvalue weighted by Gasteiger charge is -2.14. The van der Waals surface area contributed by atoms with Crippen LogP contribution in [0.25, 0.3) is 6.08 Å². The Balaban J connectivity index is 1.48. The van der Waals surface area contributed by atoms with Crippen molar-refractivity contribution in [2.75, 3.05) is 24.7 Å². The Morgan fingerprint density at radius 3 is 2.76 bits per heavy atom. The number of amidine groups is 1. The van der Waals surface area contributed by atoms with Gasteiger partial charge >= 0.3 is 5.97 Å². The molecule has 3 heterocycles. The smallest absolute Gasteiger partial charge is 0.341 e. The number of fused-ring (bicyclic) bond motifs is 1. The Kier molecular flexibility index (Phi) is 7.22. The van der Waals surface area contributed by atoms with Crippen molar-refractivity contribution in [1.82, 2.24) is 14.7 Å². The number of methoxy groups -OCH3 is 1. The van der Waals surface area contributed by atoms with Crippen LogP contribution in [-0.2, 0) is 34.2 Å². The van der Waals surface area contributed by atoms with Gasteiger partial charge in [-0.25, -0.2) is 9.79 Å². The number of esters is 1. The second-order valence-corrected chi connectivity index (χ2v) is 10.1. The first-order valence-electron chi connectivity index (χ1n) is 11.1. The van der Waals surface area contributed by atoms with Crippen molar-refractivity contribution in [3.63, 3.8) is 0 Å².